The van der Waals surface area contributed by atoms with Gasteiger partial charge in [-0.15, -0.1) is 0 Å². The number of amides is 1. The van der Waals surface area contributed by atoms with E-state index < -0.39 is 22.0 Å². The van der Waals surface area contributed by atoms with Gasteiger partial charge in [-0.05, 0) is 55.5 Å². The number of nitrogens with one attached hydrogen (secondary N) is 1. The lowest BCUT2D eigenvalue weighted by molar-refractivity contribution is -0.116. The van der Waals surface area contributed by atoms with E-state index in [1.165, 1.54) is 6.92 Å². The summed E-state index contributed by atoms with van der Waals surface area (Å²) in [4.78, 5) is 12.8. The Morgan fingerprint density at radius 3 is 2.16 bits per heavy atom. The van der Waals surface area contributed by atoms with Gasteiger partial charge in [0.2, 0.25) is 15.9 Å². The molecule has 31 heavy (non-hydrogen) atoms. The molecule has 3 aromatic carbocycles. The summed E-state index contributed by atoms with van der Waals surface area (Å²) < 4.78 is 31.8. The van der Waals surface area contributed by atoms with Crippen molar-refractivity contribution in [2.75, 3.05) is 15.9 Å². The maximum Gasteiger partial charge on any atom is 0.248 e. The molecule has 3 rings (SSSR count). The second kappa shape index (κ2) is 9.60. The Hall–Kier alpha value is -2.74. The Kier molecular flexibility index (Phi) is 7.10. The lowest BCUT2D eigenvalue weighted by Gasteiger charge is -2.28. The van der Waals surface area contributed by atoms with Crippen LogP contribution in [-0.4, -0.2) is 26.6 Å². The number of para-hydroxylation sites is 1. The normalized spacial score (nSPS) is 12.1. The lowest BCUT2D eigenvalue weighted by Crippen LogP contribution is -2.45. The monoisotopic (exact) mass is 478 g/mol. The summed E-state index contributed by atoms with van der Waals surface area (Å²) in [5, 5.41) is 3.09. The van der Waals surface area contributed by atoms with Gasteiger partial charge in [-0.1, -0.05) is 47.5 Å². The Balaban J connectivity index is 1.82. The highest BCUT2D eigenvalue weighted by atomic mass is 35.5. The van der Waals surface area contributed by atoms with Gasteiger partial charge in [-0.25, -0.2) is 8.42 Å². The highest BCUT2D eigenvalue weighted by Gasteiger charge is 2.29. The molecule has 162 valence electrons. The Bertz CT molecular complexity index is 1170. The van der Waals surface area contributed by atoms with Gasteiger partial charge in [0.25, 0.3) is 0 Å². The molecule has 6 nitrogen and oxygen atoms in total. The van der Waals surface area contributed by atoms with Gasteiger partial charge in [-0.2, -0.15) is 0 Å². The molecule has 0 bridgehead atoms. The second-order valence-corrected chi connectivity index (χ2v) is 9.38. The number of anilines is 2. The number of benzene rings is 3. The highest BCUT2D eigenvalue weighted by molar-refractivity contribution is 7.92. The third-order valence-electron chi connectivity index (χ3n) is 4.37. The van der Waals surface area contributed by atoms with E-state index in [2.05, 4.69) is 5.32 Å². The first-order chi connectivity index (χ1) is 14.7. The molecule has 0 saturated carbocycles. The number of carbonyl (C=O) groups is 1. The average molecular weight is 479 g/mol. The number of sulfonamides is 1. The second-order valence-electron chi connectivity index (χ2n) is 6.73. The van der Waals surface area contributed by atoms with E-state index in [4.69, 9.17) is 27.9 Å². The van der Waals surface area contributed by atoms with Crippen molar-refractivity contribution in [3.8, 4) is 11.5 Å². The van der Waals surface area contributed by atoms with E-state index in [9.17, 15) is 13.2 Å². The van der Waals surface area contributed by atoms with Crippen molar-refractivity contribution in [2.24, 2.45) is 0 Å². The summed E-state index contributed by atoms with van der Waals surface area (Å²) >= 11 is 12.1. The minimum absolute atomic E-state index is 0.179. The smallest absolute Gasteiger partial charge is 0.248 e. The molecule has 0 aliphatic carbocycles. The van der Waals surface area contributed by atoms with Gasteiger partial charge >= 0.3 is 0 Å². The van der Waals surface area contributed by atoms with Crippen LogP contribution in [0.15, 0.2) is 72.8 Å². The number of rotatable bonds is 7. The molecule has 0 radical (unpaired) electrons. The predicted octanol–water partition coefficient (Wildman–Crippen LogP) is 5.58. The average Bonchev–Trinajstić information content (AvgIpc) is 2.72. The summed E-state index contributed by atoms with van der Waals surface area (Å²) in [5.74, 6) is 0.631. The molecule has 3 aromatic rings. The van der Waals surface area contributed by atoms with E-state index in [1.807, 2.05) is 30.3 Å². The SMILES string of the molecule is C[C@@H](C(=O)Nc1cccc(Cl)c1Cl)N(c1ccc(Oc2ccccc2)cc1)S(C)(=O)=O. The number of hydrogen-bond acceptors (Lipinski definition) is 4. The fourth-order valence-corrected chi connectivity index (χ4v) is 4.45. The zero-order valence-electron chi connectivity index (χ0n) is 16.7. The van der Waals surface area contributed by atoms with E-state index >= 15 is 0 Å². The standard InChI is InChI=1S/C22H20Cl2N2O4S/c1-15(22(27)25-20-10-6-9-19(23)21(20)24)26(31(2,28)29)16-11-13-18(14-12-16)30-17-7-4-3-5-8-17/h3-15H,1-2H3,(H,25,27)/t15-/m0/s1. The van der Waals surface area contributed by atoms with Gasteiger partial charge in [0.1, 0.15) is 17.5 Å². The molecular formula is C22H20Cl2N2O4S. The van der Waals surface area contributed by atoms with Crippen LogP contribution in [0, 0.1) is 0 Å². The molecule has 0 heterocycles. The van der Waals surface area contributed by atoms with Crippen LogP contribution in [0.2, 0.25) is 10.0 Å². The number of carbonyl (C=O) groups excluding carboxylic acids is 1. The molecule has 0 aliphatic heterocycles. The largest absolute Gasteiger partial charge is 0.457 e. The van der Waals surface area contributed by atoms with Crippen molar-refractivity contribution in [1.82, 2.24) is 0 Å². The van der Waals surface area contributed by atoms with Crippen LogP contribution in [-0.2, 0) is 14.8 Å². The zero-order chi connectivity index (χ0) is 22.6. The first-order valence-electron chi connectivity index (χ1n) is 9.24. The molecule has 0 unspecified atom stereocenters. The fourth-order valence-electron chi connectivity index (χ4n) is 2.93. The molecule has 1 atom stereocenters. The summed E-state index contributed by atoms with van der Waals surface area (Å²) in [6.45, 7) is 1.49. The molecule has 0 fully saturated rings. The molecular weight excluding hydrogens is 459 g/mol. The zero-order valence-corrected chi connectivity index (χ0v) is 19.1. The third-order valence-corrected chi connectivity index (χ3v) is 6.43. The topological polar surface area (TPSA) is 75.7 Å². The van der Waals surface area contributed by atoms with E-state index in [0.29, 0.717) is 22.9 Å². The van der Waals surface area contributed by atoms with Crippen molar-refractivity contribution in [3.05, 3.63) is 82.8 Å². The van der Waals surface area contributed by atoms with Crippen molar-refractivity contribution in [1.29, 1.82) is 0 Å². The van der Waals surface area contributed by atoms with Crippen molar-refractivity contribution in [2.45, 2.75) is 13.0 Å². The number of nitrogens with zero attached hydrogens (tertiary/aromatic N) is 1. The number of halogens is 2. The Labute approximate surface area is 191 Å². The van der Waals surface area contributed by atoms with Crippen molar-refractivity contribution < 1.29 is 17.9 Å². The molecule has 0 saturated heterocycles. The van der Waals surface area contributed by atoms with Crippen LogP contribution in [0.4, 0.5) is 11.4 Å². The predicted molar refractivity (Wildman–Crippen MR) is 125 cm³/mol. The third kappa shape index (κ3) is 5.70. The van der Waals surface area contributed by atoms with Crippen LogP contribution < -0.4 is 14.4 Å². The number of hydrogen-bond donors (Lipinski definition) is 1. The fraction of sp³-hybridized carbons (Fsp3) is 0.136. The molecule has 1 amide bonds. The molecule has 1 N–H and O–H groups in total. The van der Waals surface area contributed by atoms with Gasteiger partial charge in [0, 0.05) is 0 Å². The summed E-state index contributed by atoms with van der Waals surface area (Å²) in [5.41, 5.74) is 0.619. The minimum Gasteiger partial charge on any atom is -0.457 e. The Morgan fingerprint density at radius 1 is 0.935 bits per heavy atom. The van der Waals surface area contributed by atoms with Crippen molar-refractivity contribution >= 4 is 50.5 Å². The minimum atomic E-state index is -3.77. The van der Waals surface area contributed by atoms with Crippen LogP contribution in [0.5, 0.6) is 11.5 Å². The molecule has 0 aromatic heterocycles. The maximum atomic E-state index is 12.8. The maximum absolute atomic E-state index is 12.8. The van der Waals surface area contributed by atoms with Gasteiger partial charge in [0.15, 0.2) is 0 Å². The van der Waals surface area contributed by atoms with Gasteiger partial charge in [0.05, 0.1) is 27.7 Å². The quantitative estimate of drug-likeness (QED) is 0.480. The van der Waals surface area contributed by atoms with E-state index in [1.54, 1.807) is 42.5 Å². The van der Waals surface area contributed by atoms with Gasteiger partial charge in [-0.3, -0.25) is 9.10 Å². The van der Waals surface area contributed by atoms with Crippen LogP contribution in [0.1, 0.15) is 6.92 Å². The molecule has 0 aliphatic rings. The first kappa shape index (κ1) is 22.9. The molecule has 9 heteroatoms. The molecule has 0 spiro atoms. The van der Waals surface area contributed by atoms with Crippen LogP contribution in [0.3, 0.4) is 0 Å². The van der Waals surface area contributed by atoms with E-state index in [-0.39, 0.29) is 10.0 Å². The highest BCUT2D eigenvalue weighted by Crippen LogP contribution is 2.31. The van der Waals surface area contributed by atoms with E-state index in [0.717, 1.165) is 10.6 Å². The lowest BCUT2D eigenvalue weighted by atomic mass is 10.2. The number of ether oxygens (including phenoxy) is 1. The first-order valence-corrected chi connectivity index (χ1v) is 11.8. The summed E-state index contributed by atoms with van der Waals surface area (Å²) in [6.07, 6.45) is 1.04. The summed E-state index contributed by atoms with van der Waals surface area (Å²) in [6, 6.07) is 19.4. The van der Waals surface area contributed by atoms with Crippen LogP contribution in [0.25, 0.3) is 0 Å². The van der Waals surface area contributed by atoms with Gasteiger partial charge < -0.3 is 10.1 Å². The summed E-state index contributed by atoms with van der Waals surface area (Å²) in [7, 11) is -3.77. The Morgan fingerprint density at radius 2 is 1.55 bits per heavy atom. The van der Waals surface area contributed by atoms with Crippen LogP contribution >= 0.6 is 23.2 Å². The van der Waals surface area contributed by atoms with Crippen molar-refractivity contribution in [3.63, 3.8) is 0 Å².